The van der Waals surface area contributed by atoms with Gasteiger partial charge in [-0.3, -0.25) is 10.0 Å². The van der Waals surface area contributed by atoms with Gasteiger partial charge in [-0.25, -0.2) is 9.87 Å². The molecule has 2 aromatic rings. The summed E-state index contributed by atoms with van der Waals surface area (Å²) in [5.41, 5.74) is 3.17. The van der Waals surface area contributed by atoms with Crippen molar-refractivity contribution < 1.29 is 19.1 Å². The Morgan fingerprint density at radius 3 is 3.00 bits per heavy atom. The Hall–Kier alpha value is -2.60. The molecule has 2 N–H and O–H groups in total. The van der Waals surface area contributed by atoms with Gasteiger partial charge in [0.2, 0.25) is 0 Å². The lowest BCUT2D eigenvalue weighted by molar-refractivity contribution is -0.124. The summed E-state index contributed by atoms with van der Waals surface area (Å²) in [5.74, 6) is -0.823. The van der Waals surface area contributed by atoms with Gasteiger partial charge in [-0.05, 0) is 35.9 Å². The topological polar surface area (TPSA) is 63.5 Å². The molecular formula is C15H15FN2O3. The van der Waals surface area contributed by atoms with Crippen LogP contribution in [0.5, 0.6) is 5.75 Å². The molecule has 0 saturated heterocycles. The van der Waals surface area contributed by atoms with Crippen LogP contribution < -0.4 is 10.2 Å². The van der Waals surface area contributed by atoms with Crippen LogP contribution in [0.4, 0.5) is 4.39 Å². The highest BCUT2D eigenvalue weighted by Gasteiger charge is 2.05. The number of nitrogens with zero attached hydrogens (tertiary/aromatic N) is 1. The van der Waals surface area contributed by atoms with Crippen molar-refractivity contribution in [3.8, 4) is 5.75 Å². The highest BCUT2D eigenvalue weighted by molar-refractivity contribution is 5.90. The fourth-order valence-electron chi connectivity index (χ4n) is 1.92. The summed E-state index contributed by atoms with van der Waals surface area (Å²) in [6.07, 6.45) is 4.63. The molecule has 0 saturated carbocycles. The van der Waals surface area contributed by atoms with Gasteiger partial charge in [0, 0.05) is 24.5 Å². The van der Waals surface area contributed by atoms with E-state index in [1.54, 1.807) is 18.2 Å². The number of ether oxygens (including phenoxy) is 1. The maximum absolute atomic E-state index is 13.4. The molecule has 21 heavy (non-hydrogen) atoms. The van der Waals surface area contributed by atoms with Gasteiger partial charge in [0.15, 0.2) is 11.6 Å². The average molecular weight is 290 g/mol. The van der Waals surface area contributed by atoms with Crippen molar-refractivity contribution in [1.82, 2.24) is 10.0 Å². The Labute approximate surface area is 121 Å². The van der Waals surface area contributed by atoms with E-state index in [1.807, 2.05) is 22.9 Å². The Balaban J connectivity index is 2.19. The Morgan fingerprint density at radius 1 is 1.48 bits per heavy atom. The first-order valence-electron chi connectivity index (χ1n) is 6.23. The fraction of sp³-hybridized carbons (Fsp3) is 0.133. The third kappa shape index (κ3) is 3.70. The first-order chi connectivity index (χ1) is 10.1. The van der Waals surface area contributed by atoms with Crippen molar-refractivity contribution in [1.29, 1.82) is 0 Å². The lowest BCUT2D eigenvalue weighted by atomic mass is 10.2. The van der Waals surface area contributed by atoms with E-state index >= 15 is 0 Å². The number of benzene rings is 1. The molecule has 0 unspecified atom stereocenters. The molecule has 1 amide bonds. The van der Waals surface area contributed by atoms with Crippen LogP contribution in [0.25, 0.3) is 6.08 Å². The lowest BCUT2D eigenvalue weighted by Gasteiger charge is -2.09. The smallest absolute Gasteiger partial charge is 0.267 e. The molecule has 0 aliphatic rings. The van der Waals surface area contributed by atoms with E-state index in [2.05, 4.69) is 0 Å². The molecular weight excluding hydrogens is 275 g/mol. The quantitative estimate of drug-likeness (QED) is 0.504. The fourth-order valence-corrected chi connectivity index (χ4v) is 1.92. The average Bonchev–Trinajstić information content (AvgIpc) is 2.93. The lowest BCUT2D eigenvalue weighted by Crippen LogP contribution is -2.15. The monoisotopic (exact) mass is 290 g/mol. The summed E-state index contributed by atoms with van der Waals surface area (Å²) >= 11 is 0. The summed E-state index contributed by atoms with van der Waals surface area (Å²) in [6.45, 7) is 0.504. The van der Waals surface area contributed by atoms with Gasteiger partial charge in [0.25, 0.3) is 5.91 Å². The molecule has 0 aliphatic heterocycles. The van der Waals surface area contributed by atoms with Gasteiger partial charge in [0.1, 0.15) is 0 Å². The second-order valence-electron chi connectivity index (χ2n) is 4.34. The summed E-state index contributed by atoms with van der Waals surface area (Å²) in [4.78, 5) is 11.0. The van der Waals surface area contributed by atoms with Crippen molar-refractivity contribution in [3.63, 3.8) is 0 Å². The van der Waals surface area contributed by atoms with Crippen LogP contribution in [0.2, 0.25) is 0 Å². The molecule has 6 heteroatoms. The zero-order chi connectivity index (χ0) is 15.2. The minimum atomic E-state index is -0.605. The number of aromatic nitrogens is 1. The van der Waals surface area contributed by atoms with E-state index in [0.717, 1.165) is 11.3 Å². The molecule has 1 aromatic heterocycles. The largest absolute Gasteiger partial charge is 0.494 e. The highest BCUT2D eigenvalue weighted by atomic mass is 19.1. The van der Waals surface area contributed by atoms with E-state index < -0.39 is 11.7 Å². The van der Waals surface area contributed by atoms with Gasteiger partial charge in [-0.1, -0.05) is 6.07 Å². The molecule has 5 nitrogen and oxygen atoms in total. The third-order valence-electron chi connectivity index (χ3n) is 2.95. The second-order valence-corrected chi connectivity index (χ2v) is 4.34. The predicted octanol–water partition coefficient (Wildman–Crippen LogP) is 2.20. The summed E-state index contributed by atoms with van der Waals surface area (Å²) in [6, 6.07) is 8.31. The van der Waals surface area contributed by atoms with Crippen molar-refractivity contribution in [2.24, 2.45) is 0 Å². The molecule has 0 bridgehead atoms. The summed E-state index contributed by atoms with van der Waals surface area (Å²) < 4.78 is 20.2. The van der Waals surface area contributed by atoms with Crippen molar-refractivity contribution in [3.05, 3.63) is 59.7 Å². The maximum atomic E-state index is 13.4. The maximum Gasteiger partial charge on any atom is 0.267 e. The van der Waals surface area contributed by atoms with E-state index in [1.165, 1.54) is 24.7 Å². The molecule has 2 rings (SSSR count). The zero-order valence-electron chi connectivity index (χ0n) is 11.4. The number of hydrogen-bond donors (Lipinski definition) is 2. The summed E-state index contributed by atoms with van der Waals surface area (Å²) in [5, 5.41) is 8.44. The van der Waals surface area contributed by atoms with Crippen LogP contribution in [0.1, 0.15) is 11.3 Å². The number of rotatable bonds is 5. The highest BCUT2D eigenvalue weighted by Crippen LogP contribution is 2.19. The molecule has 0 radical (unpaired) electrons. The Kier molecular flexibility index (Phi) is 4.73. The normalized spacial score (nSPS) is 10.8. The molecule has 0 spiro atoms. The first-order valence-corrected chi connectivity index (χ1v) is 6.23. The number of amides is 1. The van der Waals surface area contributed by atoms with Crippen LogP contribution in [0.3, 0.4) is 0 Å². The molecule has 0 aliphatic carbocycles. The Bertz CT molecular complexity index is 665. The van der Waals surface area contributed by atoms with Crippen LogP contribution in [0.15, 0.2) is 42.6 Å². The van der Waals surface area contributed by atoms with Crippen molar-refractivity contribution in [2.45, 2.75) is 6.54 Å². The molecule has 0 fully saturated rings. The number of halogens is 1. The van der Waals surface area contributed by atoms with Gasteiger partial charge in [-0.15, -0.1) is 0 Å². The van der Waals surface area contributed by atoms with Crippen LogP contribution >= 0.6 is 0 Å². The van der Waals surface area contributed by atoms with Crippen LogP contribution in [-0.2, 0) is 11.3 Å². The minimum Gasteiger partial charge on any atom is -0.494 e. The Morgan fingerprint density at radius 2 is 2.29 bits per heavy atom. The number of carbonyl (C=O) groups excluding carboxylic acids is 1. The molecule has 0 atom stereocenters. The van der Waals surface area contributed by atoms with Gasteiger partial charge in [0.05, 0.1) is 7.11 Å². The van der Waals surface area contributed by atoms with Gasteiger partial charge >= 0.3 is 0 Å². The van der Waals surface area contributed by atoms with Crippen molar-refractivity contribution in [2.75, 3.05) is 7.11 Å². The second kappa shape index (κ2) is 6.71. The standard InChI is InChI=1S/C15H15FN2O3/c1-21-14-9-11(4-6-13(14)16)10-18-8-2-3-12(18)5-7-15(19)17-20/h2-9,20H,10H2,1H3,(H,17,19). The number of hydrogen-bond acceptors (Lipinski definition) is 3. The van der Waals surface area contributed by atoms with Crippen molar-refractivity contribution >= 4 is 12.0 Å². The number of carbonyl (C=O) groups is 1. The zero-order valence-corrected chi connectivity index (χ0v) is 11.4. The predicted molar refractivity (Wildman–Crippen MR) is 75.4 cm³/mol. The van der Waals surface area contributed by atoms with Gasteiger partial charge < -0.3 is 9.30 Å². The number of methoxy groups -OCH3 is 1. The minimum absolute atomic E-state index is 0.191. The van der Waals surface area contributed by atoms with Crippen LogP contribution in [-0.4, -0.2) is 22.8 Å². The third-order valence-corrected chi connectivity index (χ3v) is 2.95. The van der Waals surface area contributed by atoms with E-state index in [9.17, 15) is 9.18 Å². The molecule has 110 valence electrons. The number of nitrogens with one attached hydrogen (secondary N) is 1. The number of hydroxylamine groups is 1. The first kappa shape index (κ1) is 14.8. The molecule has 1 aromatic carbocycles. The van der Waals surface area contributed by atoms with Gasteiger partial charge in [-0.2, -0.15) is 0 Å². The van der Waals surface area contributed by atoms with E-state index in [4.69, 9.17) is 9.94 Å². The van der Waals surface area contributed by atoms with E-state index in [0.29, 0.717) is 6.54 Å². The van der Waals surface area contributed by atoms with E-state index in [-0.39, 0.29) is 5.75 Å². The SMILES string of the molecule is COc1cc(Cn2cccc2C=CC(=O)NO)ccc1F. The van der Waals surface area contributed by atoms with Crippen LogP contribution in [0, 0.1) is 5.82 Å². The summed E-state index contributed by atoms with van der Waals surface area (Å²) in [7, 11) is 1.42. The molecule has 1 heterocycles.